The number of carbonyl (C=O) groups is 1. The van der Waals surface area contributed by atoms with Crippen LogP contribution in [-0.2, 0) is 17.7 Å². The molecule has 0 unspecified atom stereocenters. The van der Waals surface area contributed by atoms with Gasteiger partial charge in [0.05, 0.1) is 31.0 Å². The molecule has 8 nitrogen and oxygen atoms in total. The molecule has 2 aliphatic heterocycles. The van der Waals surface area contributed by atoms with E-state index in [9.17, 15) is 4.79 Å². The van der Waals surface area contributed by atoms with Gasteiger partial charge in [-0.15, -0.1) is 0 Å². The van der Waals surface area contributed by atoms with Crippen LogP contribution in [0.2, 0.25) is 0 Å². The van der Waals surface area contributed by atoms with Crippen molar-refractivity contribution in [1.82, 2.24) is 19.9 Å². The van der Waals surface area contributed by atoms with Gasteiger partial charge in [0.1, 0.15) is 5.82 Å². The van der Waals surface area contributed by atoms with Crippen molar-refractivity contribution in [3.63, 3.8) is 0 Å². The van der Waals surface area contributed by atoms with Crippen molar-refractivity contribution >= 4 is 17.4 Å². The number of fused-ring (bicyclic) bond motifs is 1. The maximum absolute atomic E-state index is 13.0. The molecular weight excluding hydrogens is 416 g/mol. The number of morpholine rings is 1. The van der Waals surface area contributed by atoms with Gasteiger partial charge in [-0.3, -0.25) is 9.78 Å². The van der Waals surface area contributed by atoms with Crippen molar-refractivity contribution in [2.45, 2.75) is 26.8 Å². The van der Waals surface area contributed by atoms with Crippen LogP contribution >= 0.6 is 0 Å². The summed E-state index contributed by atoms with van der Waals surface area (Å²) >= 11 is 0. The van der Waals surface area contributed by atoms with E-state index in [1.54, 1.807) is 24.5 Å². The summed E-state index contributed by atoms with van der Waals surface area (Å²) in [5.41, 5.74) is 10.1. The normalized spacial score (nSPS) is 15.3. The van der Waals surface area contributed by atoms with Gasteiger partial charge in [0.15, 0.2) is 5.82 Å². The number of nitrogens with zero attached hydrogens (tertiary/aromatic N) is 5. The van der Waals surface area contributed by atoms with Gasteiger partial charge in [0, 0.05) is 48.8 Å². The predicted molar refractivity (Wildman–Crippen MR) is 129 cm³/mol. The van der Waals surface area contributed by atoms with E-state index in [1.807, 2.05) is 43.0 Å². The highest BCUT2D eigenvalue weighted by atomic mass is 16.5. The average Bonchev–Trinajstić information content (AvgIpc) is 2.90. The molecule has 0 aliphatic carbocycles. The molecule has 0 saturated carbocycles. The first kappa shape index (κ1) is 22.7. The average molecular weight is 447 g/mol. The van der Waals surface area contributed by atoms with Crippen molar-refractivity contribution < 1.29 is 9.53 Å². The van der Waals surface area contributed by atoms with E-state index in [1.165, 1.54) is 0 Å². The first-order valence-electron chi connectivity index (χ1n) is 11.5. The molecule has 0 radical (unpaired) electrons. The Hall–Kier alpha value is -3.52. The van der Waals surface area contributed by atoms with Crippen molar-refractivity contribution in [3.8, 4) is 11.4 Å². The summed E-state index contributed by atoms with van der Waals surface area (Å²) < 4.78 is 5.53. The van der Waals surface area contributed by atoms with Gasteiger partial charge in [-0.1, -0.05) is 13.8 Å². The molecule has 172 valence electrons. The second-order valence-electron chi connectivity index (χ2n) is 7.74. The fraction of sp³-hybridized carbons (Fsp3) is 0.360. The number of aromatic nitrogens is 3. The lowest BCUT2D eigenvalue weighted by molar-refractivity contribution is 0.0731. The SMILES string of the molecule is CC.Nc1ccc(-c2nc3c(c(N4CCOCC4)n2)CCN(C(=O)c2cccnc2)C3)cc1. The van der Waals surface area contributed by atoms with Gasteiger partial charge in [-0.05, 0) is 42.8 Å². The third-order valence-corrected chi connectivity index (χ3v) is 5.72. The van der Waals surface area contributed by atoms with Gasteiger partial charge < -0.3 is 20.3 Å². The fourth-order valence-corrected chi connectivity index (χ4v) is 4.05. The first-order chi connectivity index (χ1) is 16.2. The van der Waals surface area contributed by atoms with Crippen LogP contribution in [0.3, 0.4) is 0 Å². The van der Waals surface area contributed by atoms with Crippen molar-refractivity contribution in [3.05, 3.63) is 65.6 Å². The number of amides is 1. The molecule has 4 heterocycles. The van der Waals surface area contributed by atoms with Crippen LogP contribution in [0.25, 0.3) is 11.4 Å². The Kier molecular flexibility index (Phi) is 7.14. The number of nitrogens with two attached hydrogens (primary N) is 1. The Balaban J connectivity index is 0.00000126. The molecule has 2 aliphatic rings. The van der Waals surface area contributed by atoms with Crippen LogP contribution in [0.4, 0.5) is 11.5 Å². The van der Waals surface area contributed by atoms with Crippen molar-refractivity contribution in [1.29, 1.82) is 0 Å². The zero-order valence-corrected chi connectivity index (χ0v) is 19.2. The molecule has 33 heavy (non-hydrogen) atoms. The standard InChI is InChI=1S/C23H24N6O2.C2H6/c24-18-5-3-16(4-6-18)21-26-20-15-29(23(30)17-2-1-8-25-14-17)9-7-19(20)22(27-21)28-10-12-31-13-11-28;1-2/h1-6,8,14H,7,9-13,15,24H2;1-2H3. The minimum Gasteiger partial charge on any atom is -0.399 e. The summed E-state index contributed by atoms with van der Waals surface area (Å²) in [5.74, 6) is 1.57. The Labute approximate surface area is 194 Å². The second kappa shape index (κ2) is 10.4. The quantitative estimate of drug-likeness (QED) is 0.617. The number of hydrogen-bond donors (Lipinski definition) is 1. The second-order valence-corrected chi connectivity index (χ2v) is 7.74. The Morgan fingerprint density at radius 3 is 2.48 bits per heavy atom. The van der Waals surface area contributed by atoms with E-state index in [4.69, 9.17) is 20.4 Å². The van der Waals surface area contributed by atoms with Crippen molar-refractivity contribution in [2.24, 2.45) is 0 Å². The molecular formula is C25H30N6O2. The van der Waals surface area contributed by atoms with E-state index in [2.05, 4.69) is 9.88 Å². The fourth-order valence-electron chi connectivity index (χ4n) is 4.05. The van der Waals surface area contributed by atoms with Crippen LogP contribution in [0.5, 0.6) is 0 Å². The molecule has 0 bridgehead atoms. The van der Waals surface area contributed by atoms with E-state index < -0.39 is 0 Å². The van der Waals surface area contributed by atoms with Gasteiger partial charge in [-0.25, -0.2) is 9.97 Å². The summed E-state index contributed by atoms with van der Waals surface area (Å²) in [7, 11) is 0. The first-order valence-corrected chi connectivity index (χ1v) is 11.5. The highest BCUT2D eigenvalue weighted by Crippen LogP contribution is 2.30. The number of anilines is 2. The summed E-state index contributed by atoms with van der Waals surface area (Å²) in [6, 6.07) is 11.1. The molecule has 5 rings (SSSR count). The molecule has 0 spiro atoms. The Morgan fingerprint density at radius 1 is 1.03 bits per heavy atom. The van der Waals surface area contributed by atoms with E-state index in [0.29, 0.717) is 43.4 Å². The monoisotopic (exact) mass is 446 g/mol. The topological polar surface area (TPSA) is 97.5 Å². The lowest BCUT2D eigenvalue weighted by Crippen LogP contribution is -2.41. The highest BCUT2D eigenvalue weighted by molar-refractivity contribution is 5.94. The summed E-state index contributed by atoms with van der Waals surface area (Å²) in [6.07, 6.45) is 4.00. The minimum atomic E-state index is -0.0284. The van der Waals surface area contributed by atoms with Crippen molar-refractivity contribution in [2.75, 3.05) is 43.5 Å². The van der Waals surface area contributed by atoms with Crippen LogP contribution in [0, 0.1) is 0 Å². The van der Waals surface area contributed by atoms with Gasteiger partial charge in [-0.2, -0.15) is 0 Å². The van der Waals surface area contributed by atoms with E-state index in [0.717, 1.165) is 42.1 Å². The molecule has 2 aromatic heterocycles. The molecule has 1 aromatic carbocycles. The van der Waals surface area contributed by atoms with Crippen LogP contribution in [0.1, 0.15) is 35.5 Å². The zero-order valence-electron chi connectivity index (χ0n) is 19.2. The largest absolute Gasteiger partial charge is 0.399 e. The van der Waals surface area contributed by atoms with Gasteiger partial charge in [0.25, 0.3) is 5.91 Å². The maximum atomic E-state index is 13.0. The van der Waals surface area contributed by atoms with E-state index >= 15 is 0 Å². The number of rotatable bonds is 3. The number of nitrogen functional groups attached to an aromatic ring is 1. The summed E-state index contributed by atoms with van der Waals surface area (Å²) in [5, 5.41) is 0. The Morgan fingerprint density at radius 2 is 1.79 bits per heavy atom. The molecule has 1 saturated heterocycles. The third kappa shape index (κ3) is 4.96. The summed E-state index contributed by atoms with van der Waals surface area (Å²) in [6.45, 7) is 8.03. The van der Waals surface area contributed by atoms with Crippen LogP contribution < -0.4 is 10.6 Å². The molecule has 1 fully saturated rings. The van der Waals surface area contributed by atoms with Gasteiger partial charge >= 0.3 is 0 Å². The number of pyridine rings is 1. The smallest absolute Gasteiger partial charge is 0.255 e. The zero-order chi connectivity index (χ0) is 23.2. The van der Waals surface area contributed by atoms with Crippen LogP contribution in [-0.4, -0.2) is 58.6 Å². The lowest BCUT2D eigenvalue weighted by Gasteiger charge is -2.34. The molecule has 2 N–H and O–H groups in total. The number of carbonyl (C=O) groups excluding carboxylic acids is 1. The van der Waals surface area contributed by atoms with Crippen LogP contribution in [0.15, 0.2) is 48.8 Å². The van der Waals surface area contributed by atoms with Gasteiger partial charge in [0.2, 0.25) is 0 Å². The highest BCUT2D eigenvalue weighted by Gasteiger charge is 2.28. The molecule has 3 aromatic rings. The molecule has 0 atom stereocenters. The number of benzene rings is 1. The minimum absolute atomic E-state index is 0.0284. The predicted octanol–water partition coefficient (Wildman–Crippen LogP) is 3.18. The summed E-state index contributed by atoms with van der Waals surface area (Å²) in [4.78, 5) is 31.0. The maximum Gasteiger partial charge on any atom is 0.255 e. The van der Waals surface area contributed by atoms with E-state index in [-0.39, 0.29) is 5.91 Å². The third-order valence-electron chi connectivity index (χ3n) is 5.72. The molecule has 1 amide bonds. The number of ether oxygens (including phenoxy) is 1. The number of hydrogen-bond acceptors (Lipinski definition) is 7. The molecule has 8 heteroatoms. The Bertz CT molecular complexity index is 1080. The lowest BCUT2D eigenvalue weighted by atomic mass is 10.0.